The van der Waals surface area contributed by atoms with Gasteiger partial charge in [0.25, 0.3) is 6.04 Å². The van der Waals surface area contributed by atoms with Gasteiger partial charge in [-0.3, -0.25) is 4.99 Å². The Kier molecular flexibility index (Phi) is 7.99. The Hall–Kier alpha value is -3.89. The fraction of sp³-hybridized carbons (Fsp3) is 0.458. The zero-order chi connectivity index (χ0) is 28.6. The number of phenolic OH excluding ortho intramolecular Hbond substituents is 1. The average molecular weight is 551 g/mol. The third-order valence-electron chi connectivity index (χ3n) is 6.73. The molecule has 210 valence electrons. The predicted octanol–water partition coefficient (Wildman–Crippen LogP) is -2.01. The van der Waals surface area contributed by atoms with E-state index in [2.05, 4.69) is 4.99 Å². The van der Waals surface area contributed by atoms with Gasteiger partial charge in [-0.25, -0.2) is 14.4 Å². The summed E-state index contributed by atoms with van der Waals surface area (Å²) in [6.45, 7) is -0.686. The van der Waals surface area contributed by atoms with Gasteiger partial charge in [0.15, 0.2) is 23.8 Å². The second-order valence-electron chi connectivity index (χ2n) is 9.32. The molecule has 0 saturated carbocycles. The van der Waals surface area contributed by atoms with Gasteiger partial charge >= 0.3 is 17.9 Å². The number of carbonyl (C=O) groups is 3. The van der Waals surface area contributed by atoms with Crippen LogP contribution < -0.4 is 4.74 Å². The van der Waals surface area contributed by atoms with E-state index in [0.29, 0.717) is 11.1 Å². The van der Waals surface area contributed by atoms with Crippen LogP contribution in [0.1, 0.15) is 18.4 Å². The molecule has 0 radical (unpaired) electrons. The monoisotopic (exact) mass is 551 g/mol. The Morgan fingerprint density at radius 2 is 1.77 bits per heavy atom. The third-order valence-corrected chi connectivity index (χ3v) is 6.73. The Morgan fingerprint density at radius 3 is 2.38 bits per heavy atom. The lowest BCUT2D eigenvalue weighted by Gasteiger charge is -2.39. The molecule has 1 fully saturated rings. The number of aliphatic hydroxyl groups is 4. The largest absolute Gasteiger partial charge is 0.504 e. The number of allylic oxidation sites excluding steroid dienone is 1. The first kappa shape index (κ1) is 28.1. The van der Waals surface area contributed by atoms with Crippen LogP contribution in [0.2, 0.25) is 0 Å². The summed E-state index contributed by atoms with van der Waals surface area (Å²) in [5.74, 6) is -4.57. The molecular weight excluding hydrogens is 524 g/mol. The van der Waals surface area contributed by atoms with Gasteiger partial charge in [-0.2, -0.15) is 4.58 Å². The van der Waals surface area contributed by atoms with E-state index in [-0.39, 0.29) is 36.4 Å². The summed E-state index contributed by atoms with van der Waals surface area (Å²) >= 11 is 0. The van der Waals surface area contributed by atoms with Gasteiger partial charge in [-0.1, -0.05) is 5.57 Å². The second kappa shape index (κ2) is 11.1. The maximum atomic E-state index is 12.0. The molecule has 3 heterocycles. The molecule has 3 aliphatic heterocycles. The second-order valence-corrected chi connectivity index (χ2v) is 9.32. The molecule has 0 spiro atoms. The summed E-state index contributed by atoms with van der Waals surface area (Å²) < 4.78 is 12.1. The summed E-state index contributed by atoms with van der Waals surface area (Å²) in [5, 5.41) is 78.4. The van der Waals surface area contributed by atoms with Gasteiger partial charge in [0.1, 0.15) is 30.1 Å². The molecule has 0 aliphatic carbocycles. The normalized spacial score (nSPS) is 32.5. The summed E-state index contributed by atoms with van der Waals surface area (Å²) in [5.41, 5.74) is 0.752. The zero-order valence-electron chi connectivity index (χ0n) is 20.2. The first-order valence-electron chi connectivity index (χ1n) is 11.8. The van der Waals surface area contributed by atoms with Gasteiger partial charge in [0.2, 0.25) is 12.0 Å². The molecule has 1 aromatic rings. The van der Waals surface area contributed by atoms with E-state index in [9.17, 15) is 55.2 Å². The number of aliphatic imine (C=N–C) groups is 1. The molecule has 1 saturated heterocycles. The first-order chi connectivity index (χ1) is 18.4. The number of ether oxygens (including phenoxy) is 2. The summed E-state index contributed by atoms with van der Waals surface area (Å²) in [7, 11) is 0. The number of carboxylic acids is 3. The molecule has 39 heavy (non-hydrogen) atoms. The van der Waals surface area contributed by atoms with Crippen molar-refractivity contribution in [3.8, 4) is 11.5 Å². The molecule has 0 bridgehead atoms. The quantitative estimate of drug-likeness (QED) is 0.171. The molecule has 15 nitrogen and oxygen atoms in total. The van der Waals surface area contributed by atoms with Crippen molar-refractivity contribution in [2.45, 2.75) is 62.1 Å². The number of aliphatic carboxylic acids is 3. The van der Waals surface area contributed by atoms with Crippen LogP contribution in [-0.2, 0) is 25.5 Å². The number of aromatic hydroxyl groups is 1. The molecule has 7 atom stereocenters. The molecule has 1 unspecified atom stereocenters. The fourth-order valence-electron chi connectivity index (χ4n) is 4.65. The van der Waals surface area contributed by atoms with Crippen LogP contribution >= 0.6 is 0 Å². The van der Waals surface area contributed by atoms with E-state index < -0.39 is 73.1 Å². The molecule has 1 aromatic carbocycles. The van der Waals surface area contributed by atoms with Crippen molar-refractivity contribution in [3.05, 3.63) is 29.3 Å². The SMILES string of the molecule is O=C(O)C1=N[C@@H](C(=O)O)CC(=CC=[N+]2c3cc(O)c(O[C@H]4OC(CO)[C@@H](O)[C@@H](O)[C@@H]4O)cc3C[C@@H]2C(=O)O)C1. The van der Waals surface area contributed by atoms with Crippen molar-refractivity contribution >= 4 is 35.5 Å². The summed E-state index contributed by atoms with van der Waals surface area (Å²) in [6.07, 6.45) is -5.34. The van der Waals surface area contributed by atoms with Crippen LogP contribution in [0.4, 0.5) is 5.69 Å². The molecule has 15 heteroatoms. The molecule has 0 amide bonds. The average Bonchev–Trinajstić information content (AvgIpc) is 3.24. The smallest absolute Gasteiger partial charge is 0.373 e. The topological polar surface area (TPSA) is 247 Å². The number of fused-ring (bicyclic) bond motifs is 1. The van der Waals surface area contributed by atoms with Crippen LogP contribution in [0.5, 0.6) is 11.5 Å². The minimum atomic E-state index is -1.73. The lowest BCUT2D eigenvalue weighted by Crippen LogP contribution is -2.60. The lowest BCUT2D eigenvalue weighted by atomic mass is 9.96. The molecular formula is C24H27N2O13+. The van der Waals surface area contributed by atoms with Crippen molar-refractivity contribution < 1.29 is 69.3 Å². The maximum Gasteiger partial charge on any atom is 0.373 e. The van der Waals surface area contributed by atoms with Gasteiger partial charge in [0.05, 0.1) is 19.1 Å². The fourth-order valence-corrected chi connectivity index (χ4v) is 4.65. The number of hydrogen-bond acceptors (Lipinski definition) is 11. The first-order valence-corrected chi connectivity index (χ1v) is 11.8. The Bertz CT molecular complexity index is 1270. The van der Waals surface area contributed by atoms with Gasteiger partial charge < -0.3 is 50.3 Å². The van der Waals surface area contributed by atoms with Gasteiger partial charge in [-0.15, -0.1) is 0 Å². The van der Waals surface area contributed by atoms with Crippen molar-refractivity contribution in [2.24, 2.45) is 4.99 Å². The van der Waals surface area contributed by atoms with Crippen molar-refractivity contribution in [1.29, 1.82) is 0 Å². The number of benzene rings is 1. The minimum Gasteiger partial charge on any atom is -0.504 e. The van der Waals surface area contributed by atoms with E-state index >= 15 is 0 Å². The summed E-state index contributed by atoms with van der Waals surface area (Å²) in [4.78, 5) is 38.5. The van der Waals surface area contributed by atoms with E-state index in [1.165, 1.54) is 29.0 Å². The Balaban J connectivity index is 1.64. The van der Waals surface area contributed by atoms with E-state index in [1.54, 1.807) is 0 Å². The maximum absolute atomic E-state index is 12.0. The number of rotatable bonds is 7. The highest BCUT2D eigenvalue weighted by molar-refractivity contribution is 6.36. The predicted molar refractivity (Wildman–Crippen MR) is 127 cm³/mol. The highest BCUT2D eigenvalue weighted by Crippen LogP contribution is 2.40. The molecule has 8 N–H and O–H groups in total. The Morgan fingerprint density at radius 1 is 1.05 bits per heavy atom. The van der Waals surface area contributed by atoms with E-state index in [4.69, 9.17) is 9.47 Å². The number of carboxylic acid groups (broad SMARTS) is 3. The minimum absolute atomic E-state index is 0.0464. The highest BCUT2D eigenvalue weighted by Gasteiger charge is 2.46. The number of aliphatic hydroxyl groups excluding tert-OH is 4. The van der Waals surface area contributed by atoms with Crippen LogP contribution in [0.25, 0.3) is 0 Å². The van der Waals surface area contributed by atoms with Crippen LogP contribution in [0, 0.1) is 0 Å². The standard InChI is InChI=1S/C24H26N2O13/c27-8-17-18(29)19(30)20(31)24(39-17)38-16-6-10-5-14(23(36)37)26(13(10)7-15(16)28)2-1-9-3-11(21(32)33)25-12(4-9)22(34)35/h1-2,6-7,11,14,17-20,24,27,29-31H,3-5,8H2,(H3-,28,32,33,34,35,36,37)/p+1/t11-,14-,17?,18-,19-,20+,24+/m1/s1. The lowest BCUT2D eigenvalue weighted by molar-refractivity contribution is -0.456. The van der Waals surface area contributed by atoms with E-state index in [1.807, 2.05) is 0 Å². The van der Waals surface area contributed by atoms with Crippen molar-refractivity contribution in [3.63, 3.8) is 0 Å². The van der Waals surface area contributed by atoms with Gasteiger partial charge in [-0.05, 0) is 6.07 Å². The zero-order valence-corrected chi connectivity index (χ0v) is 20.2. The molecule has 3 aliphatic rings. The third kappa shape index (κ3) is 5.62. The Labute approximate surface area is 219 Å². The highest BCUT2D eigenvalue weighted by atomic mass is 16.7. The number of nitrogens with zero attached hydrogens (tertiary/aromatic N) is 2. The number of hydrogen-bond donors (Lipinski definition) is 8. The van der Waals surface area contributed by atoms with Crippen LogP contribution in [0.15, 0.2) is 28.8 Å². The molecule has 0 aromatic heterocycles. The number of phenols is 1. The van der Waals surface area contributed by atoms with Crippen LogP contribution in [-0.4, -0.2) is 125 Å². The van der Waals surface area contributed by atoms with E-state index in [0.717, 1.165) is 0 Å². The van der Waals surface area contributed by atoms with Crippen molar-refractivity contribution in [1.82, 2.24) is 0 Å². The van der Waals surface area contributed by atoms with Crippen molar-refractivity contribution in [2.75, 3.05) is 6.61 Å². The molecule has 4 rings (SSSR count). The van der Waals surface area contributed by atoms with Gasteiger partial charge in [0, 0.05) is 24.5 Å². The summed E-state index contributed by atoms with van der Waals surface area (Å²) in [6, 6.07) is 0.0961. The van der Waals surface area contributed by atoms with Crippen LogP contribution in [0.3, 0.4) is 0 Å².